The van der Waals surface area contributed by atoms with Crippen LogP contribution in [0.4, 0.5) is 5.69 Å². The van der Waals surface area contributed by atoms with Crippen LogP contribution in [0.2, 0.25) is 0 Å². The first-order chi connectivity index (χ1) is 9.56. The summed E-state index contributed by atoms with van der Waals surface area (Å²) >= 11 is 3.24. The van der Waals surface area contributed by atoms with E-state index in [1.54, 1.807) is 12.1 Å². The maximum atomic E-state index is 12.1. The smallest absolute Gasteiger partial charge is 0.257 e. The van der Waals surface area contributed by atoms with E-state index in [0.717, 1.165) is 0 Å². The van der Waals surface area contributed by atoms with Crippen molar-refractivity contribution in [2.75, 3.05) is 5.32 Å². The van der Waals surface area contributed by atoms with Crippen molar-refractivity contribution in [1.82, 2.24) is 4.98 Å². The highest BCUT2D eigenvalue weighted by molar-refractivity contribution is 9.10. The van der Waals surface area contributed by atoms with Crippen LogP contribution in [0.1, 0.15) is 24.2 Å². The predicted molar refractivity (Wildman–Crippen MR) is 82.1 cm³/mol. The van der Waals surface area contributed by atoms with Crippen LogP contribution < -0.4 is 10.1 Å². The molecule has 1 amide bonds. The molecule has 1 aromatic carbocycles. The lowest BCUT2D eigenvalue weighted by Gasteiger charge is -2.14. The Hall–Kier alpha value is -1.88. The number of nitrogens with zero attached hydrogens (tertiary/aromatic N) is 1. The first-order valence-electron chi connectivity index (χ1n) is 6.25. The number of amides is 1. The van der Waals surface area contributed by atoms with Crippen molar-refractivity contribution >= 4 is 27.5 Å². The fraction of sp³-hybridized carbons (Fsp3) is 0.200. The van der Waals surface area contributed by atoms with Crippen molar-refractivity contribution in [3.05, 3.63) is 52.8 Å². The van der Waals surface area contributed by atoms with Gasteiger partial charge in [0.1, 0.15) is 10.4 Å². The molecule has 0 atom stereocenters. The summed E-state index contributed by atoms with van der Waals surface area (Å²) in [5, 5.41) is 2.83. The number of benzene rings is 1. The van der Waals surface area contributed by atoms with Gasteiger partial charge in [-0.05, 0) is 54.0 Å². The first-order valence-corrected chi connectivity index (χ1v) is 7.04. The molecule has 0 aliphatic rings. The third kappa shape index (κ3) is 3.81. The quantitative estimate of drug-likeness (QED) is 0.863. The summed E-state index contributed by atoms with van der Waals surface area (Å²) in [6.45, 7) is 3.88. The minimum absolute atomic E-state index is 0.0439. The van der Waals surface area contributed by atoms with Gasteiger partial charge < -0.3 is 10.1 Å². The van der Waals surface area contributed by atoms with E-state index in [1.807, 2.05) is 38.1 Å². The normalized spacial score (nSPS) is 10.4. The average molecular weight is 335 g/mol. The monoisotopic (exact) mass is 334 g/mol. The van der Waals surface area contributed by atoms with E-state index in [0.29, 0.717) is 21.6 Å². The summed E-state index contributed by atoms with van der Waals surface area (Å²) in [5.74, 6) is 0.436. The SMILES string of the molecule is CC(C)Oc1ccccc1NC(=O)c1ccc(Br)nc1. The summed E-state index contributed by atoms with van der Waals surface area (Å²) in [6.07, 6.45) is 1.56. The van der Waals surface area contributed by atoms with Crippen LogP contribution in [0.25, 0.3) is 0 Å². The fourth-order valence-electron chi connectivity index (χ4n) is 1.63. The second-order valence-electron chi connectivity index (χ2n) is 4.49. The number of hydrogen-bond acceptors (Lipinski definition) is 3. The van der Waals surface area contributed by atoms with Gasteiger partial charge in [0.25, 0.3) is 5.91 Å². The molecule has 0 unspecified atom stereocenters. The number of hydrogen-bond donors (Lipinski definition) is 1. The third-order valence-corrected chi connectivity index (χ3v) is 2.96. The molecular formula is C15H15BrN2O2. The first kappa shape index (κ1) is 14.5. The van der Waals surface area contributed by atoms with Crippen LogP contribution in [0.3, 0.4) is 0 Å². The minimum Gasteiger partial charge on any atom is -0.489 e. The second kappa shape index (κ2) is 6.52. The Kier molecular flexibility index (Phi) is 4.74. The molecule has 104 valence electrons. The molecule has 0 bridgehead atoms. The van der Waals surface area contributed by atoms with Gasteiger partial charge in [0, 0.05) is 6.20 Å². The highest BCUT2D eigenvalue weighted by atomic mass is 79.9. The van der Waals surface area contributed by atoms with Crippen molar-refractivity contribution in [2.45, 2.75) is 20.0 Å². The van der Waals surface area contributed by atoms with Gasteiger partial charge in [0.15, 0.2) is 0 Å². The molecular weight excluding hydrogens is 320 g/mol. The van der Waals surface area contributed by atoms with Gasteiger partial charge in [-0.3, -0.25) is 4.79 Å². The van der Waals surface area contributed by atoms with Crippen molar-refractivity contribution in [1.29, 1.82) is 0 Å². The summed E-state index contributed by atoms with van der Waals surface area (Å²) < 4.78 is 6.36. The number of para-hydroxylation sites is 2. The zero-order chi connectivity index (χ0) is 14.5. The third-order valence-electron chi connectivity index (χ3n) is 2.49. The fourth-order valence-corrected chi connectivity index (χ4v) is 1.87. The van der Waals surface area contributed by atoms with Crippen LogP contribution in [0.15, 0.2) is 47.2 Å². The lowest BCUT2D eigenvalue weighted by Crippen LogP contribution is -2.14. The van der Waals surface area contributed by atoms with Crippen LogP contribution in [-0.4, -0.2) is 17.0 Å². The van der Waals surface area contributed by atoms with E-state index >= 15 is 0 Å². The van der Waals surface area contributed by atoms with Gasteiger partial charge in [-0.2, -0.15) is 0 Å². The Morgan fingerprint density at radius 3 is 2.65 bits per heavy atom. The number of aromatic nitrogens is 1. The zero-order valence-electron chi connectivity index (χ0n) is 11.3. The number of carbonyl (C=O) groups is 1. The topological polar surface area (TPSA) is 51.2 Å². The van der Waals surface area contributed by atoms with E-state index < -0.39 is 0 Å². The number of pyridine rings is 1. The molecule has 4 nitrogen and oxygen atoms in total. The van der Waals surface area contributed by atoms with Gasteiger partial charge in [-0.1, -0.05) is 12.1 Å². The number of halogens is 1. The van der Waals surface area contributed by atoms with Gasteiger partial charge in [-0.25, -0.2) is 4.98 Å². The molecule has 20 heavy (non-hydrogen) atoms. The Morgan fingerprint density at radius 2 is 2.00 bits per heavy atom. The highest BCUT2D eigenvalue weighted by Crippen LogP contribution is 2.25. The Labute approximate surface area is 126 Å². The van der Waals surface area contributed by atoms with Crippen molar-refractivity contribution in [3.8, 4) is 5.75 Å². The second-order valence-corrected chi connectivity index (χ2v) is 5.30. The summed E-state index contributed by atoms with van der Waals surface area (Å²) in [7, 11) is 0. The van der Waals surface area contributed by atoms with Gasteiger partial charge in [0.05, 0.1) is 17.4 Å². The lowest BCUT2D eigenvalue weighted by molar-refractivity contribution is 0.102. The maximum Gasteiger partial charge on any atom is 0.257 e. The minimum atomic E-state index is -0.218. The van der Waals surface area contributed by atoms with E-state index in [4.69, 9.17) is 4.74 Å². The molecule has 0 saturated carbocycles. The average Bonchev–Trinajstić information content (AvgIpc) is 2.41. The standard InChI is InChI=1S/C15H15BrN2O2/c1-10(2)20-13-6-4-3-5-12(13)18-15(19)11-7-8-14(16)17-9-11/h3-10H,1-2H3,(H,18,19). The highest BCUT2D eigenvalue weighted by Gasteiger charge is 2.10. The molecule has 2 rings (SSSR count). The lowest BCUT2D eigenvalue weighted by atomic mass is 10.2. The zero-order valence-corrected chi connectivity index (χ0v) is 12.8. The van der Waals surface area contributed by atoms with Gasteiger partial charge in [0.2, 0.25) is 0 Å². The molecule has 0 radical (unpaired) electrons. The summed E-state index contributed by atoms with van der Waals surface area (Å²) in [6, 6.07) is 10.8. The Balaban J connectivity index is 2.17. The van der Waals surface area contributed by atoms with E-state index in [-0.39, 0.29) is 12.0 Å². The largest absolute Gasteiger partial charge is 0.489 e. The molecule has 5 heteroatoms. The summed E-state index contributed by atoms with van der Waals surface area (Å²) in [4.78, 5) is 16.2. The number of rotatable bonds is 4. The number of nitrogens with one attached hydrogen (secondary N) is 1. The molecule has 0 aliphatic carbocycles. The number of carbonyl (C=O) groups excluding carboxylic acids is 1. The molecule has 0 saturated heterocycles. The van der Waals surface area contributed by atoms with E-state index in [1.165, 1.54) is 6.20 Å². The predicted octanol–water partition coefficient (Wildman–Crippen LogP) is 3.88. The van der Waals surface area contributed by atoms with Crippen LogP contribution in [0, 0.1) is 0 Å². The van der Waals surface area contributed by atoms with Gasteiger partial charge >= 0.3 is 0 Å². The molecule has 1 heterocycles. The van der Waals surface area contributed by atoms with Crippen LogP contribution in [0.5, 0.6) is 5.75 Å². The van der Waals surface area contributed by atoms with Crippen molar-refractivity contribution in [3.63, 3.8) is 0 Å². The van der Waals surface area contributed by atoms with Crippen molar-refractivity contribution in [2.24, 2.45) is 0 Å². The molecule has 1 aromatic heterocycles. The molecule has 0 spiro atoms. The van der Waals surface area contributed by atoms with E-state index in [2.05, 4.69) is 26.2 Å². The Morgan fingerprint density at radius 1 is 1.25 bits per heavy atom. The number of anilines is 1. The Bertz CT molecular complexity index is 597. The molecule has 1 N–H and O–H groups in total. The maximum absolute atomic E-state index is 12.1. The van der Waals surface area contributed by atoms with Crippen LogP contribution in [-0.2, 0) is 0 Å². The van der Waals surface area contributed by atoms with E-state index in [9.17, 15) is 4.79 Å². The molecule has 0 aliphatic heterocycles. The molecule has 2 aromatic rings. The van der Waals surface area contributed by atoms with Crippen LogP contribution >= 0.6 is 15.9 Å². The summed E-state index contributed by atoms with van der Waals surface area (Å²) in [5.41, 5.74) is 1.14. The molecule has 0 fully saturated rings. The van der Waals surface area contributed by atoms with Gasteiger partial charge in [-0.15, -0.1) is 0 Å². The number of ether oxygens (including phenoxy) is 1. The van der Waals surface area contributed by atoms with Crippen molar-refractivity contribution < 1.29 is 9.53 Å².